The number of rotatable bonds is 4. The van der Waals surface area contributed by atoms with Gasteiger partial charge in [-0.2, -0.15) is 13.2 Å². The van der Waals surface area contributed by atoms with E-state index in [0.717, 1.165) is 4.31 Å². The molecule has 1 aliphatic rings. The summed E-state index contributed by atoms with van der Waals surface area (Å²) in [6, 6.07) is 9.06. The van der Waals surface area contributed by atoms with Crippen molar-refractivity contribution in [3.05, 3.63) is 30.3 Å². The van der Waals surface area contributed by atoms with Gasteiger partial charge >= 0.3 is 6.18 Å². The number of nitrogens with zero attached hydrogens (tertiary/aromatic N) is 1. The van der Waals surface area contributed by atoms with Crippen LogP contribution in [-0.4, -0.2) is 43.3 Å². The van der Waals surface area contributed by atoms with Gasteiger partial charge in [0.15, 0.2) is 5.25 Å². The van der Waals surface area contributed by atoms with Crippen LogP contribution in [0.2, 0.25) is 0 Å². The Balaban J connectivity index is 1.94. The predicted octanol–water partition coefficient (Wildman–Crippen LogP) is 2.81. The molecule has 8 heteroatoms. The second-order valence-electron chi connectivity index (χ2n) is 5.26. The van der Waals surface area contributed by atoms with Crippen LogP contribution in [0.1, 0.15) is 19.8 Å². The van der Waals surface area contributed by atoms with Gasteiger partial charge in [0.05, 0.1) is 0 Å². The summed E-state index contributed by atoms with van der Waals surface area (Å²) in [5, 5.41) is -2.38. The average Bonchev–Trinajstić information content (AvgIpc) is 2.47. The molecule has 4 nitrogen and oxygen atoms in total. The van der Waals surface area contributed by atoms with Crippen LogP contribution < -0.4 is 4.74 Å². The van der Waals surface area contributed by atoms with Crippen LogP contribution in [-0.2, 0) is 10.0 Å². The van der Waals surface area contributed by atoms with Crippen LogP contribution >= 0.6 is 0 Å². The molecule has 0 spiro atoms. The number of sulfonamides is 1. The van der Waals surface area contributed by atoms with Gasteiger partial charge in [0.25, 0.3) is 0 Å². The Labute approximate surface area is 127 Å². The first-order valence-electron chi connectivity index (χ1n) is 6.98. The minimum Gasteiger partial charge on any atom is -0.490 e. The SMILES string of the molecule is CC(C(F)(F)F)S(=O)(=O)N1CCC(Oc2ccccc2)CC1. The molecule has 1 fully saturated rings. The number of para-hydroxylation sites is 1. The summed E-state index contributed by atoms with van der Waals surface area (Å²) in [6.45, 7) is 0.766. The van der Waals surface area contributed by atoms with Crippen LogP contribution in [0, 0.1) is 0 Å². The Morgan fingerprint density at radius 3 is 2.23 bits per heavy atom. The van der Waals surface area contributed by atoms with Crippen molar-refractivity contribution in [2.45, 2.75) is 37.3 Å². The van der Waals surface area contributed by atoms with E-state index in [2.05, 4.69) is 0 Å². The van der Waals surface area contributed by atoms with Gasteiger partial charge in [-0.05, 0) is 31.9 Å². The highest BCUT2D eigenvalue weighted by Gasteiger charge is 2.48. The molecule has 2 rings (SSSR count). The first-order valence-corrected chi connectivity index (χ1v) is 8.49. The molecule has 1 unspecified atom stereocenters. The summed E-state index contributed by atoms with van der Waals surface area (Å²) in [5.74, 6) is 0.674. The molecule has 124 valence electrons. The van der Waals surface area contributed by atoms with Crippen LogP contribution in [0.15, 0.2) is 30.3 Å². The van der Waals surface area contributed by atoms with E-state index in [-0.39, 0.29) is 19.2 Å². The summed E-state index contributed by atoms with van der Waals surface area (Å²) in [6.07, 6.45) is -4.19. The van der Waals surface area contributed by atoms with Gasteiger partial charge in [0.2, 0.25) is 10.0 Å². The molecule has 0 saturated carbocycles. The summed E-state index contributed by atoms with van der Waals surface area (Å²) in [7, 11) is -4.36. The van der Waals surface area contributed by atoms with Crippen molar-refractivity contribution in [1.82, 2.24) is 4.31 Å². The van der Waals surface area contributed by atoms with Crippen molar-refractivity contribution in [1.29, 1.82) is 0 Å². The van der Waals surface area contributed by atoms with Gasteiger partial charge in [0.1, 0.15) is 11.9 Å². The molecular weight excluding hydrogens is 319 g/mol. The van der Waals surface area contributed by atoms with Crippen molar-refractivity contribution < 1.29 is 26.3 Å². The van der Waals surface area contributed by atoms with Gasteiger partial charge < -0.3 is 4.74 Å². The normalized spacial score (nSPS) is 19.8. The van der Waals surface area contributed by atoms with Crippen molar-refractivity contribution in [3.63, 3.8) is 0 Å². The van der Waals surface area contributed by atoms with Crippen LogP contribution in [0.25, 0.3) is 0 Å². The third-order valence-electron chi connectivity index (χ3n) is 3.71. The molecule has 0 aliphatic carbocycles. The largest absolute Gasteiger partial charge is 0.490 e. The van der Waals surface area contributed by atoms with Crippen LogP contribution in [0.4, 0.5) is 13.2 Å². The van der Waals surface area contributed by atoms with Crippen molar-refractivity contribution >= 4 is 10.0 Å². The van der Waals surface area contributed by atoms with E-state index in [9.17, 15) is 21.6 Å². The Morgan fingerprint density at radius 2 is 1.73 bits per heavy atom. The predicted molar refractivity (Wildman–Crippen MR) is 76.1 cm³/mol. The van der Waals surface area contributed by atoms with Gasteiger partial charge in [-0.1, -0.05) is 18.2 Å². The number of alkyl halides is 3. The lowest BCUT2D eigenvalue weighted by Gasteiger charge is -2.33. The van der Waals surface area contributed by atoms with E-state index >= 15 is 0 Å². The van der Waals surface area contributed by atoms with E-state index < -0.39 is 21.4 Å². The summed E-state index contributed by atoms with van der Waals surface area (Å²) in [5.41, 5.74) is 0. The second-order valence-corrected chi connectivity index (χ2v) is 7.51. The molecule has 1 atom stereocenters. The molecule has 0 bridgehead atoms. The van der Waals surface area contributed by atoms with E-state index in [1.54, 1.807) is 12.1 Å². The fourth-order valence-electron chi connectivity index (χ4n) is 2.29. The van der Waals surface area contributed by atoms with E-state index in [1.165, 1.54) is 0 Å². The third-order valence-corrected chi connectivity index (χ3v) is 5.96. The number of hydrogen-bond donors (Lipinski definition) is 0. The number of piperidine rings is 1. The topological polar surface area (TPSA) is 46.6 Å². The lowest BCUT2D eigenvalue weighted by Crippen LogP contribution is -2.48. The monoisotopic (exact) mass is 337 g/mol. The lowest BCUT2D eigenvalue weighted by molar-refractivity contribution is -0.127. The Hall–Kier alpha value is -1.28. The quantitative estimate of drug-likeness (QED) is 0.849. The summed E-state index contributed by atoms with van der Waals surface area (Å²) < 4.78 is 68.4. The Kier molecular flexibility index (Phi) is 5.01. The second kappa shape index (κ2) is 6.45. The molecule has 1 aromatic rings. The fourth-order valence-corrected chi connectivity index (χ4v) is 3.79. The zero-order chi connectivity index (χ0) is 16.4. The highest BCUT2D eigenvalue weighted by molar-refractivity contribution is 7.89. The van der Waals surface area contributed by atoms with Crippen LogP contribution in [0.3, 0.4) is 0 Å². The zero-order valence-corrected chi connectivity index (χ0v) is 12.9. The fraction of sp³-hybridized carbons (Fsp3) is 0.571. The average molecular weight is 337 g/mol. The standard InChI is InChI=1S/C14H18F3NO3S/c1-11(14(15,16)17)22(19,20)18-9-7-13(8-10-18)21-12-5-3-2-4-6-12/h2-6,11,13H,7-10H2,1H3. The maximum Gasteiger partial charge on any atom is 0.406 e. The van der Waals surface area contributed by atoms with Gasteiger partial charge in [0, 0.05) is 13.1 Å². The van der Waals surface area contributed by atoms with Crippen molar-refractivity contribution in [2.75, 3.05) is 13.1 Å². The minimum absolute atomic E-state index is 0.0419. The molecule has 0 aromatic heterocycles. The zero-order valence-electron chi connectivity index (χ0n) is 12.1. The van der Waals surface area contributed by atoms with E-state index in [1.807, 2.05) is 18.2 Å². The van der Waals surface area contributed by atoms with Gasteiger partial charge in [-0.25, -0.2) is 12.7 Å². The number of ether oxygens (including phenoxy) is 1. The molecule has 0 amide bonds. The maximum absolute atomic E-state index is 12.6. The molecule has 22 heavy (non-hydrogen) atoms. The summed E-state index contributed by atoms with van der Waals surface area (Å²) >= 11 is 0. The lowest BCUT2D eigenvalue weighted by atomic mass is 10.1. The Bertz CT molecular complexity index is 581. The first-order chi connectivity index (χ1) is 10.2. The molecular formula is C14H18F3NO3S. The highest BCUT2D eigenvalue weighted by Crippen LogP contribution is 2.29. The van der Waals surface area contributed by atoms with Gasteiger partial charge in [-0.15, -0.1) is 0 Å². The maximum atomic E-state index is 12.6. The molecule has 0 N–H and O–H groups in total. The smallest absolute Gasteiger partial charge is 0.406 e. The molecule has 1 heterocycles. The minimum atomic E-state index is -4.75. The molecule has 1 aliphatic heterocycles. The van der Waals surface area contributed by atoms with E-state index in [4.69, 9.17) is 4.74 Å². The number of benzene rings is 1. The van der Waals surface area contributed by atoms with Crippen molar-refractivity contribution in [3.8, 4) is 5.75 Å². The van der Waals surface area contributed by atoms with Crippen LogP contribution in [0.5, 0.6) is 5.75 Å². The number of halogens is 3. The summed E-state index contributed by atoms with van der Waals surface area (Å²) in [4.78, 5) is 0. The first kappa shape index (κ1) is 17.1. The molecule has 0 radical (unpaired) electrons. The highest BCUT2D eigenvalue weighted by atomic mass is 32.2. The molecule has 1 saturated heterocycles. The third kappa shape index (κ3) is 3.92. The van der Waals surface area contributed by atoms with Crippen molar-refractivity contribution in [2.24, 2.45) is 0 Å². The number of hydrogen-bond acceptors (Lipinski definition) is 3. The Morgan fingerprint density at radius 1 is 1.18 bits per heavy atom. The van der Waals surface area contributed by atoms with E-state index in [0.29, 0.717) is 25.5 Å². The van der Waals surface area contributed by atoms with Gasteiger partial charge in [-0.3, -0.25) is 0 Å². The molecule has 1 aromatic carbocycles.